The van der Waals surface area contributed by atoms with Gasteiger partial charge >= 0.3 is 0 Å². The Balaban J connectivity index is 1.27. The van der Waals surface area contributed by atoms with Crippen LogP contribution in [0.5, 0.6) is 0 Å². The fourth-order valence-electron chi connectivity index (χ4n) is 4.66. The van der Waals surface area contributed by atoms with Gasteiger partial charge in [-0.25, -0.2) is 15.4 Å². The normalized spacial score (nSPS) is 19.6. The van der Waals surface area contributed by atoms with Gasteiger partial charge in [-0.15, -0.1) is 0 Å². The van der Waals surface area contributed by atoms with Crippen molar-refractivity contribution in [3.8, 4) is 11.3 Å². The van der Waals surface area contributed by atoms with Crippen LogP contribution in [0.1, 0.15) is 35.7 Å². The molecule has 10 nitrogen and oxygen atoms in total. The van der Waals surface area contributed by atoms with Gasteiger partial charge in [-0.3, -0.25) is 9.59 Å². The van der Waals surface area contributed by atoms with Crippen molar-refractivity contribution >= 4 is 29.4 Å². The largest absolute Gasteiger partial charge is 0.390 e. The van der Waals surface area contributed by atoms with E-state index in [4.69, 9.17) is 16.4 Å². The lowest BCUT2D eigenvalue weighted by atomic mass is 9.93. The van der Waals surface area contributed by atoms with Crippen LogP contribution in [0.3, 0.4) is 0 Å². The second-order valence-electron chi connectivity index (χ2n) is 9.15. The van der Waals surface area contributed by atoms with E-state index in [1.807, 2.05) is 19.1 Å². The van der Waals surface area contributed by atoms with Crippen LogP contribution in [0.25, 0.3) is 11.3 Å². The number of carbonyl (C=O) groups excluding carboxylic acids is 2. The minimum Gasteiger partial charge on any atom is -0.390 e. The lowest BCUT2D eigenvalue weighted by Crippen LogP contribution is -2.47. The molecule has 0 saturated carbocycles. The molecular formula is C25H28ClN7O3. The van der Waals surface area contributed by atoms with E-state index < -0.39 is 0 Å². The summed E-state index contributed by atoms with van der Waals surface area (Å²) in [6.07, 6.45) is 8.56. The Morgan fingerprint density at radius 1 is 1.39 bits per heavy atom. The fraction of sp³-hybridized carbons (Fsp3) is 0.360. The summed E-state index contributed by atoms with van der Waals surface area (Å²) in [7, 11) is 0. The molecule has 4 N–H and O–H groups in total. The lowest BCUT2D eigenvalue weighted by Gasteiger charge is -2.29. The molecule has 5 rings (SSSR count). The number of amides is 2. The highest BCUT2D eigenvalue weighted by molar-refractivity contribution is 6.33. The zero-order chi connectivity index (χ0) is 25.1. The molecule has 2 amide bonds. The van der Waals surface area contributed by atoms with Gasteiger partial charge in [-0.1, -0.05) is 23.7 Å². The van der Waals surface area contributed by atoms with Gasteiger partial charge in [-0.2, -0.15) is 0 Å². The van der Waals surface area contributed by atoms with Crippen molar-refractivity contribution < 1.29 is 14.4 Å². The first-order valence-corrected chi connectivity index (χ1v) is 12.4. The minimum atomic E-state index is -0.180. The van der Waals surface area contributed by atoms with Gasteiger partial charge < -0.3 is 25.7 Å². The predicted molar refractivity (Wildman–Crippen MR) is 135 cm³/mol. The molecule has 2 unspecified atom stereocenters. The van der Waals surface area contributed by atoms with E-state index in [0.29, 0.717) is 46.0 Å². The number of fused-ring (bicyclic) bond motifs is 1. The number of piperidine rings is 1. The second kappa shape index (κ2) is 10.5. The molecule has 4 heterocycles. The van der Waals surface area contributed by atoms with Crippen LogP contribution in [0.15, 0.2) is 48.6 Å². The summed E-state index contributed by atoms with van der Waals surface area (Å²) in [6.45, 7) is 4.38. The first-order valence-electron chi connectivity index (χ1n) is 12.0. The molecular weight excluding hydrogens is 482 g/mol. The molecule has 3 aliphatic rings. The van der Waals surface area contributed by atoms with Gasteiger partial charge in [0, 0.05) is 29.8 Å². The van der Waals surface area contributed by atoms with E-state index in [0.717, 1.165) is 31.5 Å². The van der Waals surface area contributed by atoms with Gasteiger partial charge in [0.2, 0.25) is 11.9 Å². The SMILES string of the molecule is CC(NC(=O)CN1Cc2ccc(-c3nc(NC4=CNOC=C4)ncc3Cl)cc2C1=O)C1CCCNC1. The van der Waals surface area contributed by atoms with Gasteiger partial charge in [-0.05, 0) is 50.4 Å². The van der Waals surface area contributed by atoms with Crippen LogP contribution in [0.2, 0.25) is 5.02 Å². The number of hydroxylamine groups is 1. The number of nitrogens with zero attached hydrogens (tertiary/aromatic N) is 3. The number of halogens is 1. The molecule has 0 bridgehead atoms. The Hall–Kier alpha value is -3.63. The molecule has 2 aromatic rings. The highest BCUT2D eigenvalue weighted by Gasteiger charge is 2.30. The number of benzene rings is 1. The second-order valence-corrected chi connectivity index (χ2v) is 9.56. The van der Waals surface area contributed by atoms with E-state index in [-0.39, 0.29) is 24.4 Å². The molecule has 1 fully saturated rings. The van der Waals surface area contributed by atoms with E-state index in [1.165, 1.54) is 12.5 Å². The number of allylic oxidation sites excluding steroid dienone is 1. The molecule has 3 aliphatic heterocycles. The average molecular weight is 510 g/mol. The third kappa shape index (κ3) is 5.29. The summed E-state index contributed by atoms with van der Waals surface area (Å²) in [5.74, 6) is 0.432. The molecule has 1 aromatic heterocycles. The first kappa shape index (κ1) is 24.1. The number of aromatic nitrogens is 2. The molecule has 0 spiro atoms. The smallest absolute Gasteiger partial charge is 0.254 e. The standard InChI is InChI=1S/C25H28ClN7O3/c1-15(17-3-2-7-27-10-17)30-22(34)14-33-13-18-5-4-16(9-20(18)24(33)35)23-21(26)12-28-25(32-23)31-19-6-8-36-29-11-19/h4-6,8-9,11-12,15,17,27,29H,2-3,7,10,13-14H2,1H3,(H,30,34)(H,28,31,32). The van der Waals surface area contributed by atoms with Crippen molar-refractivity contribution in [1.82, 2.24) is 31.0 Å². The Morgan fingerprint density at radius 3 is 3.06 bits per heavy atom. The number of hydrogen-bond acceptors (Lipinski definition) is 8. The van der Waals surface area contributed by atoms with E-state index in [1.54, 1.807) is 23.2 Å². The first-order chi connectivity index (χ1) is 17.5. The van der Waals surface area contributed by atoms with Crippen molar-refractivity contribution in [3.05, 3.63) is 64.8 Å². The van der Waals surface area contributed by atoms with Gasteiger partial charge in [0.15, 0.2) is 0 Å². The fourth-order valence-corrected chi connectivity index (χ4v) is 4.86. The van der Waals surface area contributed by atoms with Crippen LogP contribution < -0.4 is 21.4 Å². The topological polar surface area (TPSA) is 121 Å². The number of carbonyl (C=O) groups is 2. The van der Waals surface area contributed by atoms with E-state index in [2.05, 4.69) is 31.4 Å². The number of anilines is 1. The Bertz CT molecular complexity index is 1230. The highest BCUT2D eigenvalue weighted by Crippen LogP contribution is 2.31. The van der Waals surface area contributed by atoms with Crippen LogP contribution in [-0.2, 0) is 16.2 Å². The molecule has 1 aromatic carbocycles. The predicted octanol–water partition coefficient (Wildman–Crippen LogP) is 2.56. The van der Waals surface area contributed by atoms with Crippen LogP contribution >= 0.6 is 11.6 Å². The van der Waals surface area contributed by atoms with Crippen molar-refractivity contribution in [1.29, 1.82) is 0 Å². The average Bonchev–Trinajstić information content (AvgIpc) is 3.20. The summed E-state index contributed by atoms with van der Waals surface area (Å²) >= 11 is 6.40. The Morgan fingerprint density at radius 2 is 2.28 bits per heavy atom. The van der Waals surface area contributed by atoms with Gasteiger partial charge in [0.05, 0.1) is 28.8 Å². The van der Waals surface area contributed by atoms with Crippen molar-refractivity contribution in [2.75, 3.05) is 25.0 Å². The molecule has 2 atom stereocenters. The summed E-state index contributed by atoms with van der Waals surface area (Å²) in [5, 5.41) is 9.89. The molecule has 11 heteroatoms. The summed E-state index contributed by atoms with van der Waals surface area (Å²) < 4.78 is 0. The monoisotopic (exact) mass is 509 g/mol. The quantitative estimate of drug-likeness (QED) is 0.449. The maximum Gasteiger partial charge on any atom is 0.254 e. The van der Waals surface area contributed by atoms with Crippen molar-refractivity contribution in [2.24, 2.45) is 5.92 Å². The third-order valence-corrected chi connectivity index (χ3v) is 6.90. The number of hydrogen-bond donors (Lipinski definition) is 4. The highest BCUT2D eigenvalue weighted by atomic mass is 35.5. The maximum atomic E-state index is 13.1. The summed E-state index contributed by atoms with van der Waals surface area (Å²) in [4.78, 5) is 41.1. The zero-order valence-corrected chi connectivity index (χ0v) is 20.6. The minimum absolute atomic E-state index is 0.0239. The van der Waals surface area contributed by atoms with Gasteiger partial charge in [0.1, 0.15) is 12.8 Å². The number of rotatable bonds is 7. The lowest BCUT2D eigenvalue weighted by molar-refractivity contribution is -0.122. The van der Waals surface area contributed by atoms with Crippen LogP contribution in [0, 0.1) is 5.92 Å². The molecule has 0 radical (unpaired) electrons. The Labute approximate surface area is 214 Å². The van der Waals surface area contributed by atoms with E-state index in [9.17, 15) is 9.59 Å². The van der Waals surface area contributed by atoms with Crippen LogP contribution in [-0.4, -0.2) is 52.4 Å². The van der Waals surface area contributed by atoms with Crippen LogP contribution in [0.4, 0.5) is 5.95 Å². The van der Waals surface area contributed by atoms with Crippen molar-refractivity contribution in [2.45, 2.75) is 32.4 Å². The summed E-state index contributed by atoms with van der Waals surface area (Å²) in [5.41, 5.74) is 5.94. The summed E-state index contributed by atoms with van der Waals surface area (Å²) in [6, 6.07) is 5.60. The van der Waals surface area contributed by atoms with E-state index >= 15 is 0 Å². The van der Waals surface area contributed by atoms with Gasteiger partial charge in [0.25, 0.3) is 5.91 Å². The maximum absolute atomic E-state index is 13.1. The molecule has 0 aliphatic carbocycles. The molecule has 36 heavy (non-hydrogen) atoms. The zero-order valence-electron chi connectivity index (χ0n) is 19.9. The molecule has 1 saturated heterocycles. The third-order valence-electron chi connectivity index (χ3n) is 6.63. The Kier molecular flexibility index (Phi) is 7.06. The van der Waals surface area contributed by atoms with Crippen molar-refractivity contribution in [3.63, 3.8) is 0 Å². The number of nitrogens with one attached hydrogen (secondary N) is 4. The molecule has 188 valence electrons.